The number of halogens is 1. The largest absolute Gasteiger partial charge is 0.495 e. The van der Waals surface area contributed by atoms with Crippen LogP contribution in [0.4, 0.5) is 10.1 Å². The molecule has 0 saturated carbocycles. The molecular formula is C22H16FN3O3S. The molecule has 1 aliphatic rings. The lowest BCUT2D eigenvalue weighted by molar-refractivity contribution is -0.122. The number of thiocarbonyl (C=S) groups is 1. The molecule has 2 amide bonds. The maximum absolute atomic E-state index is 14.3. The highest BCUT2D eigenvalue weighted by Crippen LogP contribution is 2.31. The Morgan fingerprint density at radius 1 is 1.00 bits per heavy atom. The lowest BCUT2D eigenvalue weighted by atomic mass is 10.1. The summed E-state index contributed by atoms with van der Waals surface area (Å²) in [6, 6.07) is 16.5. The number of aromatic nitrogens is 1. The van der Waals surface area contributed by atoms with Crippen LogP contribution in [0.15, 0.2) is 72.4 Å². The molecule has 8 heteroatoms. The molecule has 0 atom stereocenters. The van der Waals surface area contributed by atoms with Gasteiger partial charge in [0.1, 0.15) is 17.1 Å². The minimum Gasteiger partial charge on any atom is -0.495 e. The van der Waals surface area contributed by atoms with E-state index in [0.717, 1.165) is 0 Å². The Morgan fingerprint density at radius 2 is 1.70 bits per heavy atom. The molecule has 0 unspecified atom stereocenters. The van der Waals surface area contributed by atoms with Gasteiger partial charge < -0.3 is 9.30 Å². The molecule has 6 nitrogen and oxygen atoms in total. The third-order valence-corrected chi connectivity index (χ3v) is 4.90. The Morgan fingerprint density at radius 3 is 2.43 bits per heavy atom. The molecule has 30 heavy (non-hydrogen) atoms. The second kappa shape index (κ2) is 7.92. The molecule has 3 aromatic rings. The molecule has 1 fully saturated rings. The van der Waals surface area contributed by atoms with Crippen molar-refractivity contribution in [1.29, 1.82) is 0 Å². The number of nitrogens with one attached hydrogen (secondary N) is 1. The summed E-state index contributed by atoms with van der Waals surface area (Å²) in [6.07, 6.45) is 3.06. The Bertz CT molecular complexity index is 1200. The highest BCUT2D eigenvalue weighted by atomic mass is 32.1. The summed E-state index contributed by atoms with van der Waals surface area (Å²) in [5.74, 6) is -1.23. The maximum Gasteiger partial charge on any atom is 0.270 e. The fourth-order valence-electron chi connectivity index (χ4n) is 3.22. The average molecular weight is 421 g/mol. The molecule has 0 aliphatic carbocycles. The number of rotatable bonds is 4. The van der Waals surface area contributed by atoms with Gasteiger partial charge in [-0.1, -0.05) is 24.3 Å². The van der Waals surface area contributed by atoms with Gasteiger partial charge in [-0.3, -0.25) is 14.9 Å². The maximum atomic E-state index is 14.3. The molecule has 0 spiro atoms. The predicted octanol–water partition coefficient (Wildman–Crippen LogP) is 3.46. The van der Waals surface area contributed by atoms with Crippen molar-refractivity contribution in [3.05, 3.63) is 83.9 Å². The van der Waals surface area contributed by atoms with Crippen LogP contribution in [-0.2, 0) is 9.59 Å². The third kappa shape index (κ3) is 3.37. The molecule has 1 aliphatic heterocycles. The molecule has 150 valence electrons. The topological polar surface area (TPSA) is 63.6 Å². The van der Waals surface area contributed by atoms with E-state index in [0.29, 0.717) is 22.8 Å². The fourth-order valence-corrected chi connectivity index (χ4v) is 3.49. The van der Waals surface area contributed by atoms with Crippen LogP contribution < -0.4 is 15.0 Å². The van der Waals surface area contributed by atoms with Gasteiger partial charge >= 0.3 is 0 Å². The normalized spacial score (nSPS) is 15.5. The van der Waals surface area contributed by atoms with E-state index in [1.165, 1.54) is 24.2 Å². The van der Waals surface area contributed by atoms with Crippen LogP contribution in [0, 0.1) is 5.82 Å². The van der Waals surface area contributed by atoms with E-state index in [2.05, 4.69) is 5.32 Å². The van der Waals surface area contributed by atoms with E-state index >= 15 is 0 Å². The number of hydrogen-bond acceptors (Lipinski definition) is 4. The zero-order valence-corrected chi connectivity index (χ0v) is 16.7. The van der Waals surface area contributed by atoms with Crippen LogP contribution in [0.5, 0.6) is 5.75 Å². The van der Waals surface area contributed by atoms with E-state index in [1.54, 1.807) is 65.4 Å². The number of nitrogens with zero attached hydrogens (tertiary/aromatic N) is 2. The molecule has 1 aromatic heterocycles. The minimum absolute atomic E-state index is 0.0452. The molecule has 0 bridgehead atoms. The Balaban J connectivity index is 1.78. The van der Waals surface area contributed by atoms with Crippen LogP contribution in [0.25, 0.3) is 11.8 Å². The first-order chi connectivity index (χ1) is 14.5. The molecule has 2 aromatic carbocycles. The number of amides is 2. The van der Waals surface area contributed by atoms with Crippen molar-refractivity contribution in [3.63, 3.8) is 0 Å². The lowest BCUT2D eigenvalue weighted by Crippen LogP contribution is -2.54. The van der Waals surface area contributed by atoms with Crippen molar-refractivity contribution < 1.29 is 18.7 Å². The van der Waals surface area contributed by atoms with Gasteiger partial charge in [0, 0.05) is 11.9 Å². The first-order valence-electron chi connectivity index (χ1n) is 8.98. The van der Waals surface area contributed by atoms with Crippen LogP contribution in [-0.4, -0.2) is 28.6 Å². The molecular weight excluding hydrogens is 405 g/mol. The Hall–Kier alpha value is -3.78. The van der Waals surface area contributed by atoms with E-state index < -0.39 is 17.6 Å². The van der Waals surface area contributed by atoms with Gasteiger partial charge in [0.2, 0.25) is 0 Å². The number of hydrogen-bond donors (Lipinski definition) is 1. The summed E-state index contributed by atoms with van der Waals surface area (Å²) in [7, 11) is 1.48. The molecule has 1 N–H and O–H groups in total. The van der Waals surface area contributed by atoms with Gasteiger partial charge in [0.05, 0.1) is 18.5 Å². The van der Waals surface area contributed by atoms with Gasteiger partial charge in [-0.15, -0.1) is 0 Å². The SMILES string of the molecule is COc1ccccc1N1C(=O)/C(=C/c2cccn2-c2ccccc2F)C(=O)NC1=S. The van der Waals surface area contributed by atoms with Crippen molar-refractivity contribution >= 4 is 40.9 Å². The Kier molecular flexibility index (Phi) is 5.16. The highest BCUT2D eigenvalue weighted by Gasteiger charge is 2.36. The number of carbonyl (C=O) groups excluding carboxylic acids is 2. The van der Waals surface area contributed by atoms with Crippen LogP contribution in [0.1, 0.15) is 5.69 Å². The number of carbonyl (C=O) groups is 2. The number of methoxy groups -OCH3 is 1. The van der Waals surface area contributed by atoms with Crippen LogP contribution >= 0.6 is 12.2 Å². The van der Waals surface area contributed by atoms with E-state index in [1.807, 2.05) is 0 Å². The van der Waals surface area contributed by atoms with Gasteiger partial charge in [0.25, 0.3) is 11.8 Å². The molecule has 1 saturated heterocycles. The third-order valence-electron chi connectivity index (χ3n) is 4.61. The first-order valence-corrected chi connectivity index (χ1v) is 9.39. The summed E-state index contributed by atoms with van der Waals surface area (Å²) in [6.45, 7) is 0. The highest BCUT2D eigenvalue weighted by molar-refractivity contribution is 7.80. The Labute approximate surface area is 177 Å². The second-order valence-corrected chi connectivity index (χ2v) is 6.77. The summed E-state index contributed by atoms with van der Waals surface area (Å²) in [5.41, 5.74) is 1.04. The molecule has 2 heterocycles. The van der Waals surface area contributed by atoms with Crippen LogP contribution in [0.2, 0.25) is 0 Å². The number of benzene rings is 2. The zero-order valence-electron chi connectivity index (χ0n) is 15.8. The standard InChI is InChI=1S/C22H16FN3O3S/c1-29-19-11-5-4-10-18(19)26-21(28)15(20(27)24-22(26)30)13-14-7-6-12-25(14)17-9-3-2-8-16(17)23/h2-13H,1H3,(H,24,27,30)/b15-13+. The summed E-state index contributed by atoms with van der Waals surface area (Å²) < 4.78 is 21.1. The van der Waals surface area contributed by atoms with Gasteiger partial charge in [-0.2, -0.15) is 0 Å². The number of para-hydroxylation sites is 3. The summed E-state index contributed by atoms with van der Waals surface area (Å²) >= 11 is 5.23. The van der Waals surface area contributed by atoms with E-state index in [-0.39, 0.29) is 10.7 Å². The smallest absolute Gasteiger partial charge is 0.270 e. The van der Waals surface area contributed by atoms with Crippen molar-refractivity contribution in [2.45, 2.75) is 0 Å². The van der Waals surface area contributed by atoms with Crippen molar-refractivity contribution in [3.8, 4) is 11.4 Å². The first kappa shape index (κ1) is 19.5. The average Bonchev–Trinajstić information content (AvgIpc) is 3.19. The summed E-state index contributed by atoms with van der Waals surface area (Å²) in [5, 5.41) is 2.49. The lowest BCUT2D eigenvalue weighted by Gasteiger charge is -2.29. The predicted molar refractivity (Wildman–Crippen MR) is 115 cm³/mol. The zero-order chi connectivity index (χ0) is 21.3. The fraction of sp³-hybridized carbons (Fsp3) is 0.0455. The van der Waals surface area contributed by atoms with Gasteiger partial charge in [-0.05, 0) is 54.7 Å². The minimum atomic E-state index is -0.627. The van der Waals surface area contributed by atoms with Crippen molar-refractivity contribution in [2.75, 3.05) is 12.0 Å². The van der Waals surface area contributed by atoms with Crippen molar-refractivity contribution in [2.24, 2.45) is 0 Å². The molecule has 0 radical (unpaired) electrons. The monoisotopic (exact) mass is 421 g/mol. The quantitative estimate of drug-likeness (QED) is 0.398. The number of ether oxygens (including phenoxy) is 1. The second-order valence-electron chi connectivity index (χ2n) is 6.38. The van der Waals surface area contributed by atoms with Crippen molar-refractivity contribution in [1.82, 2.24) is 9.88 Å². The number of anilines is 1. The van der Waals surface area contributed by atoms with Crippen LogP contribution in [0.3, 0.4) is 0 Å². The van der Waals surface area contributed by atoms with E-state index in [9.17, 15) is 14.0 Å². The summed E-state index contributed by atoms with van der Waals surface area (Å²) in [4.78, 5) is 27.0. The molecule has 4 rings (SSSR count). The van der Waals surface area contributed by atoms with Gasteiger partial charge in [0.15, 0.2) is 5.11 Å². The van der Waals surface area contributed by atoms with E-state index in [4.69, 9.17) is 17.0 Å². The van der Waals surface area contributed by atoms with Gasteiger partial charge in [-0.25, -0.2) is 9.29 Å².